The van der Waals surface area contributed by atoms with E-state index in [9.17, 15) is 8.78 Å². The van der Waals surface area contributed by atoms with Crippen LogP contribution in [0.3, 0.4) is 0 Å². The number of rotatable bonds is 3. The fourth-order valence-electron chi connectivity index (χ4n) is 0.915. The van der Waals surface area contributed by atoms with Gasteiger partial charge in [0, 0.05) is 17.3 Å². The molecule has 0 aliphatic carbocycles. The van der Waals surface area contributed by atoms with Gasteiger partial charge in [0.25, 0.3) is 6.43 Å². The first-order valence-electron chi connectivity index (χ1n) is 3.56. The molecule has 1 rings (SSSR count). The normalized spacial score (nSPS) is 10.5. The van der Waals surface area contributed by atoms with Crippen LogP contribution in [-0.4, -0.2) is 12.1 Å². The molecule has 72 valence electrons. The molecule has 0 aromatic carbocycles. The molecule has 0 saturated heterocycles. The minimum absolute atomic E-state index is 0.108. The van der Waals surface area contributed by atoms with Gasteiger partial charge >= 0.3 is 0 Å². The van der Waals surface area contributed by atoms with Crippen molar-refractivity contribution >= 4 is 11.6 Å². The smallest absolute Gasteiger partial charge is 0.265 e. The first-order valence-corrected chi connectivity index (χ1v) is 4.09. The molecular formula is C8H8ClF2NO. The summed E-state index contributed by atoms with van der Waals surface area (Å²) >= 11 is 5.52. The number of halogens is 3. The van der Waals surface area contributed by atoms with Crippen molar-refractivity contribution in [2.45, 2.75) is 12.3 Å². The van der Waals surface area contributed by atoms with Crippen molar-refractivity contribution < 1.29 is 13.5 Å². The Hall–Kier alpha value is -0.900. The summed E-state index contributed by atoms with van der Waals surface area (Å²) < 4.78 is 29.2. The minimum atomic E-state index is -2.53. The number of methoxy groups -OCH3 is 1. The number of ether oxygens (including phenoxy) is 1. The molecule has 0 bridgehead atoms. The number of hydrogen-bond donors (Lipinski definition) is 0. The highest BCUT2D eigenvalue weighted by atomic mass is 35.5. The summed E-state index contributed by atoms with van der Waals surface area (Å²) in [4.78, 5) is 3.70. The molecule has 0 unspecified atom stereocenters. The number of nitrogens with zero attached hydrogens (tertiary/aromatic N) is 1. The van der Waals surface area contributed by atoms with E-state index in [-0.39, 0.29) is 11.4 Å². The molecule has 1 aromatic rings. The molecule has 1 aromatic heterocycles. The summed E-state index contributed by atoms with van der Waals surface area (Å²) in [7, 11) is 1.42. The quantitative estimate of drug-likeness (QED) is 0.711. The monoisotopic (exact) mass is 207 g/mol. The second kappa shape index (κ2) is 4.37. The van der Waals surface area contributed by atoms with Crippen LogP contribution < -0.4 is 4.74 Å². The molecule has 0 aliphatic heterocycles. The Bertz CT molecular complexity index is 293. The van der Waals surface area contributed by atoms with Gasteiger partial charge in [0.15, 0.2) is 0 Å². The van der Waals surface area contributed by atoms with Gasteiger partial charge in [0.05, 0.1) is 13.0 Å². The topological polar surface area (TPSA) is 22.1 Å². The largest absolute Gasteiger partial charge is 0.481 e. The van der Waals surface area contributed by atoms with Crippen LogP contribution >= 0.6 is 11.6 Å². The molecule has 5 heteroatoms. The Morgan fingerprint density at radius 3 is 2.77 bits per heavy atom. The van der Waals surface area contributed by atoms with E-state index in [4.69, 9.17) is 16.3 Å². The first-order chi connectivity index (χ1) is 6.19. The van der Waals surface area contributed by atoms with Crippen LogP contribution in [0.2, 0.25) is 0 Å². The molecule has 0 atom stereocenters. The summed E-state index contributed by atoms with van der Waals surface area (Å²) in [5.41, 5.74) is 0.332. The first kappa shape index (κ1) is 10.2. The van der Waals surface area contributed by atoms with Crippen molar-refractivity contribution in [1.82, 2.24) is 4.98 Å². The van der Waals surface area contributed by atoms with Crippen LogP contribution in [0.4, 0.5) is 8.78 Å². The lowest BCUT2D eigenvalue weighted by atomic mass is 10.2. The van der Waals surface area contributed by atoms with E-state index in [2.05, 4.69) is 4.98 Å². The zero-order valence-electron chi connectivity index (χ0n) is 6.93. The summed E-state index contributed by atoms with van der Waals surface area (Å²) in [5, 5.41) is 0. The van der Waals surface area contributed by atoms with Gasteiger partial charge in [0.1, 0.15) is 0 Å². The maximum atomic E-state index is 12.2. The van der Waals surface area contributed by atoms with Crippen LogP contribution in [0.25, 0.3) is 0 Å². The third kappa shape index (κ3) is 2.28. The maximum Gasteiger partial charge on any atom is 0.265 e. The van der Waals surface area contributed by atoms with Gasteiger partial charge in [-0.3, -0.25) is 0 Å². The van der Waals surface area contributed by atoms with E-state index in [0.717, 1.165) is 6.20 Å². The third-order valence-electron chi connectivity index (χ3n) is 1.54. The highest BCUT2D eigenvalue weighted by molar-refractivity contribution is 6.17. The third-order valence-corrected chi connectivity index (χ3v) is 1.82. The predicted molar refractivity (Wildman–Crippen MR) is 45.3 cm³/mol. The van der Waals surface area contributed by atoms with Crippen LogP contribution in [-0.2, 0) is 5.88 Å². The molecular weight excluding hydrogens is 200 g/mol. The Morgan fingerprint density at radius 1 is 1.62 bits per heavy atom. The van der Waals surface area contributed by atoms with Gasteiger partial charge in [-0.05, 0) is 6.07 Å². The standard InChI is InChI=1S/C8H8ClF2NO/c1-13-8-5(3-9)2-6(4-12-8)7(10)11/h2,4,7H,3H2,1H3. The van der Waals surface area contributed by atoms with Crippen LogP contribution in [0.1, 0.15) is 17.6 Å². The molecule has 13 heavy (non-hydrogen) atoms. The van der Waals surface area contributed by atoms with Crippen LogP contribution in [0.15, 0.2) is 12.3 Å². The fourth-order valence-corrected chi connectivity index (χ4v) is 1.11. The molecule has 0 saturated carbocycles. The zero-order valence-corrected chi connectivity index (χ0v) is 7.68. The van der Waals surface area contributed by atoms with Crippen molar-refractivity contribution in [3.8, 4) is 5.88 Å². The van der Waals surface area contributed by atoms with Gasteiger partial charge in [-0.2, -0.15) is 0 Å². The summed E-state index contributed by atoms with van der Waals surface area (Å²) in [6.45, 7) is 0. The van der Waals surface area contributed by atoms with Gasteiger partial charge in [-0.15, -0.1) is 11.6 Å². The molecule has 0 spiro atoms. The van der Waals surface area contributed by atoms with Crippen LogP contribution in [0, 0.1) is 0 Å². The lowest BCUT2D eigenvalue weighted by Crippen LogP contribution is -1.96. The number of aromatic nitrogens is 1. The highest BCUT2D eigenvalue weighted by Gasteiger charge is 2.11. The van der Waals surface area contributed by atoms with Gasteiger partial charge in [-0.1, -0.05) is 0 Å². The Kier molecular flexibility index (Phi) is 3.42. The molecule has 0 radical (unpaired) electrons. The summed E-state index contributed by atoms with van der Waals surface area (Å²) in [6, 6.07) is 1.30. The summed E-state index contributed by atoms with van der Waals surface area (Å²) in [5.74, 6) is 0.399. The number of hydrogen-bond acceptors (Lipinski definition) is 2. The highest BCUT2D eigenvalue weighted by Crippen LogP contribution is 2.24. The van der Waals surface area contributed by atoms with E-state index in [1.165, 1.54) is 13.2 Å². The van der Waals surface area contributed by atoms with Gasteiger partial charge in [0.2, 0.25) is 5.88 Å². The molecule has 0 N–H and O–H groups in total. The predicted octanol–water partition coefficient (Wildman–Crippen LogP) is 2.77. The molecule has 2 nitrogen and oxygen atoms in total. The second-order valence-corrected chi connectivity index (χ2v) is 2.64. The van der Waals surface area contributed by atoms with E-state index < -0.39 is 6.43 Å². The van der Waals surface area contributed by atoms with E-state index in [0.29, 0.717) is 11.4 Å². The Morgan fingerprint density at radius 2 is 2.31 bits per heavy atom. The Balaban J connectivity index is 3.05. The van der Waals surface area contributed by atoms with E-state index in [1.54, 1.807) is 0 Å². The Labute approximate surface area is 79.5 Å². The molecule has 0 aliphatic rings. The average Bonchev–Trinajstić information content (AvgIpc) is 2.16. The van der Waals surface area contributed by atoms with E-state index in [1.807, 2.05) is 0 Å². The van der Waals surface area contributed by atoms with Crippen molar-refractivity contribution in [2.24, 2.45) is 0 Å². The van der Waals surface area contributed by atoms with Gasteiger partial charge in [-0.25, -0.2) is 13.8 Å². The lowest BCUT2D eigenvalue weighted by molar-refractivity contribution is 0.150. The van der Waals surface area contributed by atoms with E-state index >= 15 is 0 Å². The number of pyridine rings is 1. The SMILES string of the molecule is COc1ncc(C(F)F)cc1CCl. The lowest BCUT2D eigenvalue weighted by Gasteiger charge is -2.06. The minimum Gasteiger partial charge on any atom is -0.481 e. The van der Waals surface area contributed by atoms with Crippen LogP contribution in [0.5, 0.6) is 5.88 Å². The maximum absolute atomic E-state index is 12.2. The fraction of sp³-hybridized carbons (Fsp3) is 0.375. The average molecular weight is 208 g/mol. The van der Waals surface area contributed by atoms with Crippen molar-refractivity contribution in [2.75, 3.05) is 7.11 Å². The second-order valence-electron chi connectivity index (χ2n) is 2.37. The van der Waals surface area contributed by atoms with Crippen molar-refractivity contribution in [1.29, 1.82) is 0 Å². The molecule has 0 amide bonds. The number of alkyl halides is 3. The van der Waals surface area contributed by atoms with Crippen molar-refractivity contribution in [3.05, 3.63) is 23.4 Å². The van der Waals surface area contributed by atoms with Crippen molar-refractivity contribution in [3.63, 3.8) is 0 Å². The molecule has 1 heterocycles. The summed E-state index contributed by atoms with van der Waals surface area (Å²) in [6.07, 6.45) is -1.44. The zero-order chi connectivity index (χ0) is 9.84. The van der Waals surface area contributed by atoms with Gasteiger partial charge < -0.3 is 4.74 Å². The molecule has 0 fully saturated rings.